The summed E-state index contributed by atoms with van der Waals surface area (Å²) in [6.45, 7) is 0. The lowest BCUT2D eigenvalue weighted by Crippen LogP contribution is -2.18. The maximum Gasteiger partial charge on any atom is 0.311 e. The lowest BCUT2D eigenvalue weighted by molar-refractivity contribution is -0.385. The minimum Gasteiger partial charge on any atom is -0.502 e. The van der Waals surface area contributed by atoms with E-state index >= 15 is 0 Å². The second-order valence-corrected chi connectivity index (χ2v) is 5.01. The number of carbonyl (C=O) groups is 1. The van der Waals surface area contributed by atoms with Gasteiger partial charge in [0.25, 0.3) is 5.91 Å². The van der Waals surface area contributed by atoms with Gasteiger partial charge >= 0.3 is 5.69 Å². The maximum absolute atomic E-state index is 11.9. The van der Waals surface area contributed by atoms with Gasteiger partial charge in [0, 0.05) is 16.1 Å². The van der Waals surface area contributed by atoms with Crippen LogP contribution in [0.15, 0.2) is 52.0 Å². The van der Waals surface area contributed by atoms with Crippen LogP contribution in [0.2, 0.25) is 0 Å². The average molecular weight is 364 g/mol. The predicted octanol–water partition coefficient (Wildman–Crippen LogP) is 2.83. The van der Waals surface area contributed by atoms with E-state index in [-0.39, 0.29) is 5.56 Å². The number of nitro groups is 1. The fraction of sp³-hybridized carbons (Fsp3) is 0. The molecule has 7 nitrogen and oxygen atoms in total. The molecule has 8 heteroatoms. The molecular formula is C14H10BrN3O4. The topological polar surface area (TPSA) is 105 Å². The molecule has 112 valence electrons. The number of para-hydroxylation sites is 1. The lowest BCUT2D eigenvalue weighted by atomic mass is 10.2. The van der Waals surface area contributed by atoms with Crippen molar-refractivity contribution in [1.29, 1.82) is 0 Å². The summed E-state index contributed by atoms with van der Waals surface area (Å²) in [4.78, 5) is 21.9. The Balaban J connectivity index is 2.14. The highest BCUT2D eigenvalue weighted by Gasteiger charge is 2.15. The van der Waals surface area contributed by atoms with Crippen LogP contribution in [0.25, 0.3) is 0 Å². The molecule has 0 aromatic heterocycles. The molecule has 2 aromatic rings. The molecule has 0 radical (unpaired) electrons. The zero-order valence-electron chi connectivity index (χ0n) is 11.1. The third kappa shape index (κ3) is 3.47. The van der Waals surface area contributed by atoms with Gasteiger partial charge in [0.1, 0.15) is 0 Å². The van der Waals surface area contributed by atoms with Crippen molar-refractivity contribution in [3.8, 4) is 5.75 Å². The first-order valence-electron chi connectivity index (χ1n) is 6.05. The summed E-state index contributed by atoms with van der Waals surface area (Å²) in [5.41, 5.74) is 2.37. The summed E-state index contributed by atoms with van der Waals surface area (Å²) < 4.78 is 0.612. The molecule has 0 bridgehead atoms. The van der Waals surface area contributed by atoms with Crippen molar-refractivity contribution in [3.63, 3.8) is 0 Å². The third-order valence-electron chi connectivity index (χ3n) is 2.73. The summed E-state index contributed by atoms with van der Waals surface area (Å²) in [6, 6.07) is 10.8. The smallest absolute Gasteiger partial charge is 0.311 e. The van der Waals surface area contributed by atoms with E-state index < -0.39 is 22.3 Å². The van der Waals surface area contributed by atoms with Crippen molar-refractivity contribution in [3.05, 3.63) is 68.2 Å². The molecule has 2 rings (SSSR count). The molecule has 0 saturated heterocycles. The molecular weight excluding hydrogens is 354 g/mol. The third-order valence-corrected chi connectivity index (χ3v) is 3.42. The van der Waals surface area contributed by atoms with Crippen LogP contribution in [0.1, 0.15) is 15.9 Å². The first kappa shape index (κ1) is 15.6. The maximum atomic E-state index is 11.9. The molecule has 2 N–H and O–H groups in total. The Morgan fingerprint density at radius 2 is 2.00 bits per heavy atom. The van der Waals surface area contributed by atoms with Crippen LogP contribution in [-0.4, -0.2) is 22.2 Å². The summed E-state index contributed by atoms with van der Waals surface area (Å²) >= 11 is 3.24. The monoisotopic (exact) mass is 363 g/mol. The van der Waals surface area contributed by atoms with Crippen molar-refractivity contribution in [2.24, 2.45) is 5.10 Å². The van der Waals surface area contributed by atoms with Crippen molar-refractivity contribution in [1.82, 2.24) is 5.43 Å². The molecule has 0 heterocycles. The highest BCUT2D eigenvalue weighted by Crippen LogP contribution is 2.27. The van der Waals surface area contributed by atoms with Gasteiger partial charge in [-0.1, -0.05) is 18.2 Å². The normalized spacial score (nSPS) is 10.6. The average Bonchev–Trinajstić information content (AvgIpc) is 2.49. The fourth-order valence-electron chi connectivity index (χ4n) is 1.67. The van der Waals surface area contributed by atoms with Crippen LogP contribution >= 0.6 is 15.9 Å². The van der Waals surface area contributed by atoms with Gasteiger partial charge in [-0.05, 0) is 34.1 Å². The number of hydrogen-bond donors (Lipinski definition) is 2. The Bertz CT molecular complexity index is 762. The van der Waals surface area contributed by atoms with Crippen LogP contribution < -0.4 is 5.43 Å². The van der Waals surface area contributed by atoms with Crippen molar-refractivity contribution < 1.29 is 14.8 Å². The van der Waals surface area contributed by atoms with E-state index in [0.29, 0.717) is 10.0 Å². The van der Waals surface area contributed by atoms with Gasteiger partial charge < -0.3 is 5.11 Å². The molecule has 22 heavy (non-hydrogen) atoms. The van der Waals surface area contributed by atoms with E-state index in [1.54, 1.807) is 24.3 Å². The van der Waals surface area contributed by atoms with Gasteiger partial charge in [0.05, 0.1) is 16.7 Å². The number of nitrogens with one attached hydrogen (secondary N) is 1. The zero-order chi connectivity index (χ0) is 16.1. The number of aromatic hydroxyl groups is 1. The minimum atomic E-state index is -0.702. The van der Waals surface area contributed by atoms with Crippen LogP contribution in [0.4, 0.5) is 5.69 Å². The quantitative estimate of drug-likeness (QED) is 0.494. The minimum absolute atomic E-state index is 0.127. The van der Waals surface area contributed by atoms with Gasteiger partial charge in [0.15, 0.2) is 0 Å². The molecule has 1 amide bonds. The Morgan fingerprint density at radius 1 is 1.27 bits per heavy atom. The lowest BCUT2D eigenvalue weighted by Gasteiger charge is -2.02. The number of benzene rings is 2. The van der Waals surface area contributed by atoms with Gasteiger partial charge in [-0.2, -0.15) is 5.10 Å². The number of rotatable bonds is 4. The number of carbonyl (C=O) groups excluding carboxylic acids is 1. The van der Waals surface area contributed by atoms with Gasteiger partial charge in [0.2, 0.25) is 5.75 Å². The number of halogens is 1. The van der Waals surface area contributed by atoms with E-state index in [2.05, 4.69) is 26.5 Å². The summed E-state index contributed by atoms with van der Waals surface area (Å²) in [5, 5.41) is 24.1. The fourth-order valence-corrected chi connectivity index (χ4v) is 2.13. The molecule has 0 unspecified atom stereocenters. The number of phenols is 1. The highest BCUT2D eigenvalue weighted by molar-refractivity contribution is 9.10. The van der Waals surface area contributed by atoms with E-state index in [9.17, 15) is 20.0 Å². The Morgan fingerprint density at radius 3 is 2.68 bits per heavy atom. The standard InChI is InChI=1S/C14H10BrN3O4/c15-11-6-2-1-5-10(11)14(20)17-16-8-9-4-3-7-12(13(9)19)18(21)22/h1-8,19H,(H,17,20)/b16-8-. The molecule has 0 fully saturated rings. The van der Waals surface area contributed by atoms with Crippen molar-refractivity contribution in [2.45, 2.75) is 0 Å². The second-order valence-electron chi connectivity index (χ2n) is 4.15. The van der Waals surface area contributed by atoms with Gasteiger partial charge in [-0.3, -0.25) is 14.9 Å². The van der Waals surface area contributed by atoms with E-state index in [0.717, 1.165) is 6.21 Å². The van der Waals surface area contributed by atoms with E-state index in [4.69, 9.17) is 0 Å². The number of hydrogen-bond acceptors (Lipinski definition) is 5. The predicted molar refractivity (Wildman–Crippen MR) is 84.0 cm³/mol. The molecule has 0 spiro atoms. The number of nitrogens with zero attached hydrogens (tertiary/aromatic N) is 2. The van der Waals surface area contributed by atoms with Crippen molar-refractivity contribution in [2.75, 3.05) is 0 Å². The molecule has 0 aliphatic rings. The number of phenolic OH excluding ortho intramolecular Hbond substituents is 1. The Hall–Kier alpha value is -2.74. The zero-order valence-corrected chi connectivity index (χ0v) is 12.6. The van der Waals surface area contributed by atoms with Gasteiger partial charge in [-0.15, -0.1) is 0 Å². The first-order valence-corrected chi connectivity index (χ1v) is 6.84. The van der Waals surface area contributed by atoms with E-state index in [1.807, 2.05) is 0 Å². The molecule has 2 aromatic carbocycles. The van der Waals surface area contributed by atoms with Crippen molar-refractivity contribution >= 4 is 33.7 Å². The first-order chi connectivity index (χ1) is 10.5. The molecule has 0 saturated carbocycles. The molecule has 0 aliphatic carbocycles. The summed E-state index contributed by atoms with van der Waals surface area (Å²) in [7, 11) is 0. The second kappa shape index (κ2) is 6.81. The molecule has 0 aliphatic heterocycles. The largest absolute Gasteiger partial charge is 0.502 e. The van der Waals surface area contributed by atoms with Crippen LogP contribution in [0.3, 0.4) is 0 Å². The summed E-state index contributed by atoms with van der Waals surface area (Å²) in [5.74, 6) is -0.958. The van der Waals surface area contributed by atoms with E-state index in [1.165, 1.54) is 18.2 Å². The number of nitro benzene ring substituents is 1. The molecule has 0 atom stereocenters. The number of amides is 1. The van der Waals surface area contributed by atoms with Crippen LogP contribution in [-0.2, 0) is 0 Å². The number of hydrazone groups is 1. The summed E-state index contributed by atoms with van der Waals surface area (Å²) in [6.07, 6.45) is 1.14. The van der Waals surface area contributed by atoms with Crippen LogP contribution in [0, 0.1) is 10.1 Å². The highest BCUT2D eigenvalue weighted by atomic mass is 79.9. The van der Waals surface area contributed by atoms with Gasteiger partial charge in [-0.25, -0.2) is 5.43 Å². The van der Waals surface area contributed by atoms with Crippen LogP contribution in [0.5, 0.6) is 5.75 Å². The Kier molecular flexibility index (Phi) is 4.84. The Labute approximate surface area is 133 Å². The SMILES string of the molecule is O=C(N/N=C\c1cccc([N+](=O)[O-])c1O)c1ccccc1Br.